The van der Waals surface area contributed by atoms with E-state index in [1.165, 1.54) is 28.6 Å². The Bertz CT molecular complexity index is 848. The normalized spacial score (nSPS) is 17.3. The molecule has 2 aromatic rings. The average Bonchev–Trinajstić information content (AvgIpc) is 2.86. The summed E-state index contributed by atoms with van der Waals surface area (Å²) in [6.07, 6.45) is 0. The van der Waals surface area contributed by atoms with Crippen LogP contribution in [-0.4, -0.2) is 19.9 Å². The number of nitro benzene ring substituents is 1. The van der Waals surface area contributed by atoms with Gasteiger partial charge in [-0.05, 0) is 17.7 Å². The van der Waals surface area contributed by atoms with E-state index in [1.807, 2.05) is 19.1 Å². The minimum atomic E-state index is -3.97. The Morgan fingerprint density at radius 2 is 1.77 bits per heavy atom. The lowest BCUT2D eigenvalue weighted by atomic mass is 10.0. The lowest BCUT2D eigenvalue weighted by Gasteiger charge is -2.19. The number of hydrogen-bond donors (Lipinski definition) is 0. The summed E-state index contributed by atoms with van der Waals surface area (Å²) in [6, 6.07) is 12.7. The first-order valence-corrected chi connectivity index (χ1v) is 8.22. The van der Waals surface area contributed by atoms with Gasteiger partial charge in [-0.15, -0.1) is 0 Å². The van der Waals surface area contributed by atoms with Crippen molar-refractivity contribution in [1.29, 1.82) is 0 Å². The zero-order chi connectivity index (χ0) is 15.9. The van der Waals surface area contributed by atoms with E-state index in [-0.39, 0.29) is 17.4 Å². The fraction of sp³-hybridized carbons (Fsp3) is 0.200. The minimum absolute atomic E-state index is 0.0498. The molecule has 0 radical (unpaired) electrons. The van der Waals surface area contributed by atoms with Gasteiger partial charge in [0, 0.05) is 18.5 Å². The van der Waals surface area contributed by atoms with Gasteiger partial charge < -0.3 is 0 Å². The van der Waals surface area contributed by atoms with Gasteiger partial charge in [-0.3, -0.25) is 14.4 Å². The van der Waals surface area contributed by atoms with Gasteiger partial charge in [-0.2, -0.15) is 0 Å². The van der Waals surface area contributed by atoms with Crippen molar-refractivity contribution < 1.29 is 13.3 Å². The highest BCUT2D eigenvalue weighted by Crippen LogP contribution is 2.40. The largest absolute Gasteiger partial charge is 0.289 e. The predicted octanol–water partition coefficient (Wildman–Crippen LogP) is 2.91. The van der Waals surface area contributed by atoms with Crippen molar-refractivity contribution in [2.24, 2.45) is 0 Å². The van der Waals surface area contributed by atoms with Gasteiger partial charge in [0.05, 0.1) is 10.6 Å². The van der Waals surface area contributed by atoms with Crippen molar-refractivity contribution in [2.75, 3.05) is 10.8 Å². The van der Waals surface area contributed by atoms with E-state index in [2.05, 4.69) is 0 Å². The number of anilines is 1. The van der Waals surface area contributed by atoms with E-state index in [1.54, 1.807) is 12.1 Å². The predicted molar refractivity (Wildman–Crippen MR) is 82.5 cm³/mol. The summed E-state index contributed by atoms with van der Waals surface area (Å²) in [5.74, 6) is 0.0498. The Morgan fingerprint density at radius 1 is 1.14 bits per heavy atom. The maximum atomic E-state index is 12.9. The molecule has 1 heterocycles. The lowest BCUT2D eigenvalue weighted by Crippen LogP contribution is -2.30. The summed E-state index contributed by atoms with van der Waals surface area (Å²) in [5.41, 5.74) is 1.12. The van der Waals surface area contributed by atoms with Crippen LogP contribution in [-0.2, 0) is 10.0 Å². The Morgan fingerprint density at radius 3 is 2.50 bits per heavy atom. The molecule has 0 saturated heterocycles. The van der Waals surface area contributed by atoms with Crippen LogP contribution in [0.3, 0.4) is 0 Å². The summed E-state index contributed by atoms with van der Waals surface area (Å²) in [4.78, 5) is 10.2. The van der Waals surface area contributed by atoms with Crippen molar-refractivity contribution in [3.63, 3.8) is 0 Å². The minimum Gasteiger partial charge on any atom is -0.265 e. The van der Waals surface area contributed by atoms with Crippen LogP contribution >= 0.6 is 0 Å². The van der Waals surface area contributed by atoms with Crippen LogP contribution in [0, 0.1) is 10.1 Å². The second-order valence-electron chi connectivity index (χ2n) is 5.22. The molecule has 0 aromatic heterocycles. The molecule has 0 amide bonds. The summed E-state index contributed by atoms with van der Waals surface area (Å²) in [6.45, 7) is 2.22. The van der Waals surface area contributed by atoms with Gasteiger partial charge >= 0.3 is 0 Å². The van der Waals surface area contributed by atoms with Gasteiger partial charge in [-0.1, -0.05) is 37.3 Å². The third kappa shape index (κ3) is 2.14. The first kappa shape index (κ1) is 14.5. The summed E-state index contributed by atoms with van der Waals surface area (Å²) < 4.78 is 27.0. The Labute approximate surface area is 128 Å². The van der Waals surface area contributed by atoms with E-state index < -0.39 is 20.6 Å². The number of benzene rings is 2. The lowest BCUT2D eigenvalue weighted by molar-refractivity contribution is -0.387. The summed E-state index contributed by atoms with van der Waals surface area (Å²) in [5, 5.41) is 11.1. The Hall–Kier alpha value is -2.41. The van der Waals surface area contributed by atoms with Crippen molar-refractivity contribution in [1.82, 2.24) is 0 Å². The molecule has 7 heteroatoms. The summed E-state index contributed by atoms with van der Waals surface area (Å²) in [7, 11) is -3.97. The number of hydrogen-bond acceptors (Lipinski definition) is 4. The number of fused-ring (bicyclic) bond motifs is 1. The smallest absolute Gasteiger partial charge is 0.265 e. The molecule has 0 bridgehead atoms. The van der Waals surface area contributed by atoms with E-state index in [0.717, 1.165) is 5.56 Å². The van der Waals surface area contributed by atoms with Crippen molar-refractivity contribution in [3.8, 4) is 0 Å². The number of nitro groups is 1. The molecule has 22 heavy (non-hydrogen) atoms. The van der Waals surface area contributed by atoms with Crippen LogP contribution < -0.4 is 4.31 Å². The highest BCUT2D eigenvalue weighted by Gasteiger charge is 2.37. The molecular formula is C15H14N2O4S. The molecule has 1 unspecified atom stereocenters. The van der Waals surface area contributed by atoms with Crippen LogP contribution in [0.25, 0.3) is 0 Å². The topological polar surface area (TPSA) is 80.5 Å². The molecule has 0 spiro atoms. The van der Waals surface area contributed by atoms with Gasteiger partial charge in [0.25, 0.3) is 15.7 Å². The molecule has 1 aliphatic rings. The molecule has 0 saturated carbocycles. The Kier molecular flexibility index (Phi) is 3.37. The van der Waals surface area contributed by atoms with Crippen molar-refractivity contribution >= 4 is 21.4 Å². The maximum Gasteiger partial charge on any atom is 0.289 e. The fourth-order valence-corrected chi connectivity index (χ4v) is 4.49. The van der Waals surface area contributed by atoms with Crippen LogP contribution in [0.4, 0.5) is 11.4 Å². The van der Waals surface area contributed by atoms with Crippen LogP contribution in [0.15, 0.2) is 53.4 Å². The van der Waals surface area contributed by atoms with E-state index >= 15 is 0 Å². The number of nitrogens with zero attached hydrogens (tertiary/aromatic N) is 2. The van der Waals surface area contributed by atoms with E-state index in [4.69, 9.17) is 0 Å². The van der Waals surface area contributed by atoms with Crippen LogP contribution in [0.2, 0.25) is 0 Å². The maximum absolute atomic E-state index is 12.9. The third-order valence-corrected chi connectivity index (χ3v) is 5.63. The molecule has 0 aliphatic carbocycles. The standard InChI is InChI=1S/C15H14N2O4S/c1-11-10-16(13-7-3-2-6-12(11)13)22(20,21)15-9-5-4-8-14(15)17(18)19/h2-9,11H,10H2,1H3. The monoisotopic (exact) mass is 318 g/mol. The van der Waals surface area contributed by atoms with Gasteiger partial charge in [0.2, 0.25) is 0 Å². The fourth-order valence-electron chi connectivity index (χ4n) is 2.75. The number of sulfonamides is 1. The van der Waals surface area contributed by atoms with Gasteiger partial charge in [0.15, 0.2) is 4.90 Å². The van der Waals surface area contributed by atoms with Crippen LogP contribution in [0.5, 0.6) is 0 Å². The molecule has 114 valence electrons. The second-order valence-corrected chi connectivity index (χ2v) is 7.05. The van der Waals surface area contributed by atoms with E-state index in [0.29, 0.717) is 5.69 Å². The van der Waals surface area contributed by atoms with Gasteiger partial charge in [-0.25, -0.2) is 8.42 Å². The van der Waals surface area contributed by atoms with Gasteiger partial charge in [0.1, 0.15) is 0 Å². The first-order valence-electron chi connectivity index (χ1n) is 6.78. The van der Waals surface area contributed by atoms with Crippen LogP contribution in [0.1, 0.15) is 18.4 Å². The quantitative estimate of drug-likeness (QED) is 0.643. The number of rotatable bonds is 3. The van der Waals surface area contributed by atoms with Crippen molar-refractivity contribution in [2.45, 2.75) is 17.7 Å². The molecule has 3 rings (SSSR count). The number of para-hydroxylation sites is 2. The molecule has 0 fully saturated rings. The summed E-state index contributed by atoms with van der Waals surface area (Å²) >= 11 is 0. The molecule has 2 aromatic carbocycles. The highest BCUT2D eigenvalue weighted by molar-refractivity contribution is 7.93. The molecule has 1 aliphatic heterocycles. The molecule has 6 nitrogen and oxygen atoms in total. The zero-order valence-corrected chi connectivity index (χ0v) is 12.7. The second kappa shape index (κ2) is 5.10. The SMILES string of the molecule is CC1CN(S(=O)(=O)c2ccccc2[N+](=O)[O-])c2ccccc21. The average molecular weight is 318 g/mol. The zero-order valence-electron chi connectivity index (χ0n) is 11.8. The molecular weight excluding hydrogens is 304 g/mol. The third-order valence-electron chi connectivity index (χ3n) is 3.81. The Balaban J connectivity index is 2.15. The molecule has 1 atom stereocenters. The highest BCUT2D eigenvalue weighted by atomic mass is 32.2. The van der Waals surface area contributed by atoms with E-state index in [9.17, 15) is 18.5 Å². The van der Waals surface area contributed by atoms with Crippen molar-refractivity contribution in [3.05, 3.63) is 64.2 Å². The first-order chi connectivity index (χ1) is 10.4. The molecule has 0 N–H and O–H groups in total.